The molecule has 2 aromatic heterocycles. The van der Waals surface area contributed by atoms with Gasteiger partial charge in [0.25, 0.3) is 0 Å². The first kappa shape index (κ1) is 41.1. The summed E-state index contributed by atoms with van der Waals surface area (Å²) in [6.45, 7) is 24.0. The molecule has 0 spiro atoms. The maximum Gasteiger partial charge on any atom is 0.0541 e. The molecule has 0 unspecified atom stereocenters. The number of aromatic nitrogens is 2. The molecular weight excluding hydrogens is 605 g/mol. The van der Waals surface area contributed by atoms with Crippen molar-refractivity contribution in [1.82, 2.24) is 9.13 Å². The average Bonchev–Trinajstić information content (AvgIpc) is 3.75. The lowest BCUT2D eigenvalue weighted by atomic mass is 10.0. The minimum absolute atomic E-state index is 1.18. The Balaban J connectivity index is 0.000000659. The summed E-state index contributed by atoms with van der Waals surface area (Å²) in [6.07, 6.45) is 0. The molecule has 8 rings (SSSR count). The molecular formula is C48H60N2. The molecule has 0 amide bonds. The Kier molecular flexibility index (Phi) is 17.9. The minimum atomic E-state index is 1.18. The van der Waals surface area contributed by atoms with Crippen molar-refractivity contribution in [2.24, 2.45) is 0 Å². The lowest BCUT2D eigenvalue weighted by molar-refractivity contribution is 1.18. The summed E-state index contributed by atoms with van der Waals surface area (Å²) in [4.78, 5) is 0. The number of rotatable bonds is 3. The van der Waals surface area contributed by atoms with Crippen LogP contribution in [0, 0.1) is 0 Å². The summed E-state index contributed by atoms with van der Waals surface area (Å²) < 4.78 is 4.73. The number of para-hydroxylation sites is 4. The largest absolute Gasteiger partial charge is 0.309 e. The Morgan fingerprint density at radius 3 is 0.880 bits per heavy atom. The summed E-state index contributed by atoms with van der Waals surface area (Å²) >= 11 is 0. The van der Waals surface area contributed by atoms with E-state index in [4.69, 9.17) is 0 Å². The van der Waals surface area contributed by atoms with Gasteiger partial charge in [-0.3, -0.25) is 0 Å². The quantitative estimate of drug-likeness (QED) is 0.178. The summed E-state index contributed by atoms with van der Waals surface area (Å²) in [7, 11) is 0. The SMILES string of the molecule is CC.CC.CC.CC.CC.CC.c1ccc(-n2c3ccccc3c3cc(-c4ccc5c(c4)c4ccccc4n5-c4ccccc4)ccc32)cc1. The molecule has 0 aliphatic rings. The van der Waals surface area contributed by atoms with Gasteiger partial charge < -0.3 is 9.13 Å². The van der Waals surface area contributed by atoms with Crippen molar-refractivity contribution in [3.05, 3.63) is 146 Å². The monoisotopic (exact) mass is 664 g/mol. The van der Waals surface area contributed by atoms with Gasteiger partial charge in [0.15, 0.2) is 0 Å². The zero-order valence-electron chi connectivity index (χ0n) is 32.8. The third-order valence-corrected chi connectivity index (χ3v) is 7.71. The highest BCUT2D eigenvalue weighted by molar-refractivity contribution is 6.12. The Morgan fingerprint density at radius 2 is 0.540 bits per heavy atom. The van der Waals surface area contributed by atoms with Crippen molar-refractivity contribution in [3.63, 3.8) is 0 Å². The van der Waals surface area contributed by atoms with Crippen LogP contribution in [0.4, 0.5) is 0 Å². The fourth-order valence-electron chi connectivity index (χ4n) is 6.02. The Hall–Kier alpha value is -5.08. The van der Waals surface area contributed by atoms with Crippen LogP contribution >= 0.6 is 0 Å². The van der Waals surface area contributed by atoms with E-state index < -0.39 is 0 Å². The van der Waals surface area contributed by atoms with E-state index in [1.54, 1.807) is 0 Å². The molecule has 0 N–H and O–H groups in total. The fraction of sp³-hybridized carbons (Fsp3) is 0.250. The topological polar surface area (TPSA) is 9.86 Å². The van der Waals surface area contributed by atoms with Gasteiger partial charge in [0, 0.05) is 32.9 Å². The molecule has 2 heterocycles. The molecule has 0 atom stereocenters. The minimum Gasteiger partial charge on any atom is -0.309 e. The molecule has 0 saturated carbocycles. The van der Waals surface area contributed by atoms with E-state index in [1.165, 1.54) is 66.1 Å². The van der Waals surface area contributed by atoms with E-state index in [0.717, 1.165) is 0 Å². The molecule has 0 fully saturated rings. The first-order chi connectivity index (χ1) is 24.9. The van der Waals surface area contributed by atoms with Crippen LogP contribution in [0.5, 0.6) is 0 Å². The van der Waals surface area contributed by atoms with Crippen molar-refractivity contribution < 1.29 is 0 Å². The number of hydrogen-bond donors (Lipinski definition) is 0. The standard InChI is InChI=1S/C36H24N2.6C2H6/c1-3-11-27(12-4-1)37-33-17-9-7-15-29(33)31-23-25(19-21-35(31)37)26-20-22-36-32(24-26)30-16-8-10-18-34(30)38(36)28-13-5-2-6-14-28;6*1-2/h1-24H;6*1-2H3. The zero-order valence-corrected chi connectivity index (χ0v) is 32.8. The van der Waals surface area contributed by atoms with Crippen LogP contribution in [0.2, 0.25) is 0 Å². The Morgan fingerprint density at radius 1 is 0.260 bits per heavy atom. The number of benzene rings is 6. The van der Waals surface area contributed by atoms with Gasteiger partial charge in [0.05, 0.1) is 22.1 Å². The second-order valence-corrected chi connectivity index (χ2v) is 9.84. The van der Waals surface area contributed by atoms with E-state index in [0.29, 0.717) is 0 Å². The molecule has 0 radical (unpaired) electrons. The molecule has 0 saturated heterocycles. The van der Waals surface area contributed by atoms with Gasteiger partial charge in [0.2, 0.25) is 0 Å². The van der Waals surface area contributed by atoms with Gasteiger partial charge >= 0.3 is 0 Å². The van der Waals surface area contributed by atoms with Crippen LogP contribution < -0.4 is 0 Å². The van der Waals surface area contributed by atoms with E-state index >= 15 is 0 Å². The van der Waals surface area contributed by atoms with Gasteiger partial charge in [0.1, 0.15) is 0 Å². The van der Waals surface area contributed by atoms with Gasteiger partial charge in [-0.05, 0) is 71.8 Å². The zero-order chi connectivity index (χ0) is 37.1. The summed E-state index contributed by atoms with van der Waals surface area (Å²) in [5.41, 5.74) is 9.73. The van der Waals surface area contributed by atoms with Crippen LogP contribution in [-0.2, 0) is 0 Å². The molecule has 0 aliphatic carbocycles. The van der Waals surface area contributed by atoms with Crippen LogP contribution in [0.25, 0.3) is 66.1 Å². The summed E-state index contributed by atoms with van der Waals surface area (Å²) in [5.74, 6) is 0. The van der Waals surface area contributed by atoms with Crippen LogP contribution in [0.3, 0.4) is 0 Å². The highest BCUT2D eigenvalue weighted by Crippen LogP contribution is 2.38. The molecule has 50 heavy (non-hydrogen) atoms. The second kappa shape index (κ2) is 21.8. The number of fused-ring (bicyclic) bond motifs is 6. The maximum absolute atomic E-state index is 2.37. The third-order valence-electron chi connectivity index (χ3n) is 7.71. The van der Waals surface area contributed by atoms with Crippen molar-refractivity contribution >= 4 is 43.6 Å². The molecule has 8 aromatic rings. The van der Waals surface area contributed by atoms with Crippen molar-refractivity contribution in [2.75, 3.05) is 0 Å². The van der Waals surface area contributed by atoms with Crippen molar-refractivity contribution in [3.8, 4) is 22.5 Å². The van der Waals surface area contributed by atoms with E-state index in [9.17, 15) is 0 Å². The van der Waals surface area contributed by atoms with Gasteiger partial charge in [-0.1, -0.05) is 168 Å². The predicted molar refractivity (Wildman–Crippen MR) is 229 cm³/mol. The smallest absolute Gasteiger partial charge is 0.0541 e. The maximum atomic E-state index is 2.37. The first-order valence-electron chi connectivity index (χ1n) is 19.0. The highest BCUT2D eigenvalue weighted by atomic mass is 15.0. The van der Waals surface area contributed by atoms with E-state index in [2.05, 4.69) is 155 Å². The normalized spacial score (nSPS) is 9.60. The molecule has 6 aromatic carbocycles. The van der Waals surface area contributed by atoms with Gasteiger partial charge in [-0.15, -0.1) is 0 Å². The number of nitrogens with zero attached hydrogens (tertiary/aromatic N) is 2. The predicted octanol–water partition coefficient (Wildman–Crippen LogP) is 15.7. The lowest BCUT2D eigenvalue weighted by Crippen LogP contribution is -1.93. The Labute approximate surface area is 303 Å². The fourth-order valence-corrected chi connectivity index (χ4v) is 6.02. The Bertz CT molecular complexity index is 1960. The average molecular weight is 665 g/mol. The highest BCUT2D eigenvalue weighted by Gasteiger charge is 2.15. The van der Waals surface area contributed by atoms with E-state index in [1.807, 2.05) is 83.1 Å². The van der Waals surface area contributed by atoms with Crippen LogP contribution in [0.15, 0.2) is 146 Å². The second-order valence-electron chi connectivity index (χ2n) is 9.84. The van der Waals surface area contributed by atoms with E-state index in [-0.39, 0.29) is 0 Å². The molecule has 262 valence electrons. The van der Waals surface area contributed by atoms with Crippen LogP contribution in [-0.4, -0.2) is 9.13 Å². The van der Waals surface area contributed by atoms with Crippen molar-refractivity contribution in [1.29, 1.82) is 0 Å². The summed E-state index contributed by atoms with van der Waals surface area (Å²) in [6, 6.07) is 52.4. The third kappa shape index (κ3) is 8.37. The molecule has 2 heteroatoms. The molecule has 2 nitrogen and oxygen atoms in total. The summed E-state index contributed by atoms with van der Waals surface area (Å²) in [5, 5.41) is 5.09. The molecule has 0 aliphatic heterocycles. The number of hydrogen-bond acceptors (Lipinski definition) is 0. The van der Waals surface area contributed by atoms with Crippen LogP contribution in [0.1, 0.15) is 83.1 Å². The molecule has 0 bridgehead atoms. The lowest BCUT2D eigenvalue weighted by Gasteiger charge is -2.09. The van der Waals surface area contributed by atoms with Gasteiger partial charge in [-0.25, -0.2) is 0 Å². The van der Waals surface area contributed by atoms with Gasteiger partial charge in [-0.2, -0.15) is 0 Å². The van der Waals surface area contributed by atoms with Crippen molar-refractivity contribution in [2.45, 2.75) is 83.1 Å². The first-order valence-corrected chi connectivity index (χ1v) is 19.0.